The number of carbonyl (C=O) groups excluding carboxylic acids is 1. The van der Waals surface area contributed by atoms with Crippen LogP contribution in [0.2, 0.25) is 0 Å². The molecule has 2 rings (SSSR count). The first-order chi connectivity index (χ1) is 8.52. The van der Waals surface area contributed by atoms with E-state index in [1.165, 1.54) is 36.6 Å². The van der Waals surface area contributed by atoms with Crippen molar-refractivity contribution in [1.82, 2.24) is 0 Å². The number of halogens is 2. The molecule has 0 bridgehead atoms. The predicted octanol–water partition coefficient (Wildman–Crippen LogP) is 4.20. The number of aryl methyl sites for hydroxylation is 1. The van der Waals surface area contributed by atoms with Crippen molar-refractivity contribution in [2.24, 2.45) is 0 Å². The second-order valence-corrected chi connectivity index (χ2v) is 6.11. The molecule has 0 aliphatic carbocycles. The zero-order chi connectivity index (χ0) is 13.3. The highest BCUT2D eigenvalue weighted by atomic mass is 79.9. The number of hydrogen-bond donors (Lipinski definition) is 0. The molecule has 0 saturated carbocycles. The summed E-state index contributed by atoms with van der Waals surface area (Å²) >= 11 is 4.70. The fourth-order valence-electron chi connectivity index (χ4n) is 1.56. The molecule has 0 fully saturated rings. The van der Waals surface area contributed by atoms with Crippen LogP contribution in [0.1, 0.15) is 20.8 Å². The molecule has 0 atom stereocenters. The lowest BCUT2D eigenvalue weighted by molar-refractivity contribution is 0.103. The molecule has 5 heteroatoms. The van der Waals surface area contributed by atoms with Crippen LogP contribution in [0.25, 0.3) is 0 Å². The van der Waals surface area contributed by atoms with Crippen LogP contribution >= 0.6 is 27.3 Å². The van der Waals surface area contributed by atoms with Crippen molar-refractivity contribution in [1.29, 1.82) is 0 Å². The summed E-state index contributed by atoms with van der Waals surface area (Å²) in [6.07, 6.45) is 0. The van der Waals surface area contributed by atoms with Gasteiger partial charge < -0.3 is 4.74 Å². The quantitative estimate of drug-likeness (QED) is 0.789. The summed E-state index contributed by atoms with van der Waals surface area (Å²) in [7, 11) is 1.46. The van der Waals surface area contributed by atoms with Crippen LogP contribution in [0.5, 0.6) is 5.75 Å². The van der Waals surface area contributed by atoms with Crippen molar-refractivity contribution in [2.45, 2.75) is 6.92 Å². The smallest absolute Gasteiger partial charge is 0.206 e. The highest BCUT2D eigenvalue weighted by molar-refractivity contribution is 9.11. The summed E-state index contributed by atoms with van der Waals surface area (Å²) in [5, 5.41) is 0. The maximum atomic E-state index is 13.2. The third-order valence-electron chi connectivity index (χ3n) is 2.49. The Kier molecular flexibility index (Phi) is 3.82. The van der Waals surface area contributed by atoms with Crippen LogP contribution in [0, 0.1) is 12.7 Å². The first-order valence-electron chi connectivity index (χ1n) is 5.17. The van der Waals surface area contributed by atoms with E-state index < -0.39 is 5.82 Å². The lowest BCUT2D eigenvalue weighted by atomic mass is 10.1. The first kappa shape index (κ1) is 13.2. The fraction of sp³-hybridized carbons (Fsp3) is 0.154. The topological polar surface area (TPSA) is 26.3 Å². The largest absolute Gasteiger partial charge is 0.496 e. The van der Waals surface area contributed by atoms with Gasteiger partial charge in [-0.2, -0.15) is 0 Å². The number of ketones is 1. The van der Waals surface area contributed by atoms with Crippen LogP contribution in [-0.4, -0.2) is 12.9 Å². The van der Waals surface area contributed by atoms with Gasteiger partial charge in [-0.3, -0.25) is 4.79 Å². The van der Waals surface area contributed by atoms with Gasteiger partial charge in [-0.15, -0.1) is 11.3 Å². The van der Waals surface area contributed by atoms with Crippen molar-refractivity contribution >= 4 is 33.0 Å². The molecule has 2 aromatic rings. The summed E-state index contributed by atoms with van der Waals surface area (Å²) in [5.74, 6) is -0.305. The number of ether oxygens (including phenoxy) is 1. The third-order valence-corrected chi connectivity index (χ3v) is 4.62. The van der Waals surface area contributed by atoms with Gasteiger partial charge in [0, 0.05) is 0 Å². The molecule has 0 saturated heterocycles. The summed E-state index contributed by atoms with van der Waals surface area (Å²) in [4.78, 5) is 12.8. The van der Waals surface area contributed by atoms with Crippen molar-refractivity contribution in [2.75, 3.05) is 7.11 Å². The monoisotopic (exact) mass is 328 g/mol. The second kappa shape index (κ2) is 5.20. The van der Waals surface area contributed by atoms with Crippen molar-refractivity contribution in [3.8, 4) is 5.75 Å². The molecule has 1 aromatic heterocycles. The second-order valence-electron chi connectivity index (χ2n) is 3.74. The molecule has 1 heterocycles. The van der Waals surface area contributed by atoms with Crippen LogP contribution < -0.4 is 4.74 Å². The van der Waals surface area contributed by atoms with Gasteiger partial charge in [0.2, 0.25) is 5.78 Å². The van der Waals surface area contributed by atoms with Gasteiger partial charge in [0.25, 0.3) is 0 Å². The number of benzene rings is 1. The molecular formula is C13H10BrFO2S. The predicted molar refractivity (Wildman–Crippen MR) is 73.1 cm³/mol. The fourth-order valence-corrected chi connectivity index (χ4v) is 3.05. The third kappa shape index (κ3) is 2.47. The van der Waals surface area contributed by atoms with E-state index in [9.17, 15) is 9.18 Å². The Morgan fingerprint density at radius 2 is 2.11 bits per heavy atom. The molecule has 0 aliphatic heterocycles. The van der Waals surface area contributed by atoms with Crippen LogP contribution in [0.15, 0.2) is 28.1 Å². The number of thiophene rings is 1. The number of hydrogen-bond acceptors (Lipinski definition) is 3. The highest BCUT2D eigenvalue weighted by Gasteiger charge is 2.18. The van der Waals surface area contributed by atoms with Crippen LogP contribution in [-0.2, 0) is 0 Å². The molecule has 2 nitrogen and oxygen atoms in total. The maximum absolute atomic E-state index is 13.2. The zero-order valence-electron chi connectivity index (χ0n) is 9.79. The molecule has 94 valence electrons. The zero-order valence-corrected chi connectivity index (χ0v) is 12.2. The van der Waals surface area contributed by atoms with Gasteiger partial charge in [-0.1, -0.05) is 0 Å². The van der Waals surface area contributed by atoms with Crippen molar-refractivity contribution in [3.63, 3.8) is 0 Å². The molecule has 1 aromatic carbocycles. The minimum Gasteiger partial charge on any atom is -0.496 e. The van der Waals surface area contributed by atoms with E-state index in [-0.39, 0.29) is 11.3 Å². The van der Waals surface area contributed by atoms with E-state index in [0.29, 0.717) is 10.6 Å². The molecular weight excluding hydrogens is 319 g/mol. The number of methoxy groups -OCH3 is 1. The SMILES string of the molecule is COc1ccc(F)cc1C(=O)c1cc(C)c(Br)s1. The Hall–Kier alpha value is -1.20. The van der Waals surface area contributed by atoms with Gasteiger partial charge in [0.05, 0.1) is 21.3 Å². The van der Waals surface area contributed by atoms with E-state index in [2.05, 4.69) is 15.9 Å². The van der Waals surface area contributed by atoms with Crippen LogP contribution in [0.3, 0.4) is 0 Å². The molecule has 0 spiro atoms. The Morgan fingerprint density at radius 1 is 1.39 bits per heavy atom. The van der Waals surface area contributed by atoms with E-state index in [1.807, 2.05) is 6.92 Å². The molecule has 0 N–H and O–H groups in total. The summed E-state index contributed by atoms with van der Waals surface area (Å²) in [5.41, 5.74) is 1.23. The van der Waals surface area contributed by atoms with E-state index in [0.717, 1.165) is 9.35 Å². The van der Waals surface area contributed by atoms with Crippen molar-refractivity contribution in [3.05, 3.63) is 49.9 Å². The summed E-state index contributed by atoms with van der Waals surface area (Å²) in [6.45, 7) is 1.90. The number of carbonyl (C=O) groups is 1. The van der Waals surface area contributed by atoms with Crippen molar-refractivity contribution < 1.29 is 13.9 Å². The van der Waals surface area contributed by atoms with Gasteiger partial charge in [-0.05, 0) is 52.7 Å². The van der Waals surface area contributed by atoms with E-state index in [1.54, 1.807) is 6.07 Å². The molecule has 0 radical (unpaired) electrons. The van der Waals surface area contributed by atoms with Gasteiger partial charge >= 0.3 is 0 Å². The minimum atomic E-state index is -0.452. The van der Waals surface area contributed by atoms with E-state index >= 15 is 0 Å². The van der Waals surface area contributed by atoms with Crippen LogP contribution in [0.4, 0.5) is 4.39 Å². The minimum absolute atomic E-state index is 0.231. The molecule has 18 heavy (non-hydrogen) atoms. The molecule has 0 aliphatic rings. The van der Waals surface area contributed by atoms with Gasteiger partial charge in [0.1, 0.15) is 11.6 Å². The lowest BCUT2D eigenvalue weighted by Gasteiger charge is -2.06. The van der Waals surface area contributed by atoms with Gasteiger partial charge in [0.15, 0.2) is 0 Å². The number of rotatable bonds is 3. The normalized spacial score (nSPS) is 10.4. The highest BCUT2D eigenvalue weighted by Crippen LogP contribution is 2.31. The first-order valence-corrected chi connectivity index (χ1v) is 6.78. The van der Waals surface area contributed by atoms with E-state index in [4.69, 9.17) is 4.74 Å². The lowest BCUT2D eigenvalue weighted by Crippen LogP contribution is -2.02. The maximum Gasteiger partial charge on any atom is 0.206 e. The summed E-state index contributed by atoms with van der Waals surface area (Å²) < 4.78 is 19.2. The Bertz CT molecular complexity index is 588. The molecule has 0 unspecified atom stereocenters. The Morgan fingerprint density at radius 3 is 2.67 bits per heavy atom. The average Bonchev–Trinajstić information content (AvgIpc) is 2.68. The Labute approximate surface area is 117 Å². The molecule has 0 amide bonds. The average molecular weight is 329 g/mol. The standard InChI is InChI=1S/C13H10BrFO2S/c1-7-5-11(18-13(7)14)12(16)9-6-8(15)3-4-10(9)17-2/h3-6H,1-2H3. The van der Waals surface area contributed by atoms with Gasteiger partial charge in [-0.25, -0.2) is 4.39 Å². The Balaban J connectivity index is 2.48. The summed E-state index contributed by atoms with van der Waals surface area (Å²) in [6, 6.07) is 5.70.